The van der Waals surface area contributed by atoms with Gasteiger partial charge >= 0.3 is 0 Å². The van der Waals surface area contributed by atoms with Crippen LogP contribution in [0.2, 0.25) is 5.02 Å². The largest absolute Gasteiger partial charge is 0.310 e. The van der Waals surface area contributed by atoms with E-state index >= 15 is 0 Å². The molecule has 0 saturated carbocycles. The van der Waals surface area contributed by atoms with Crippen molar-refractivity contribution in [1.82, 2.24) is 5.32 Å². The van der Waals surface area contributed by atoms with E-state index in [9.17, 15) is 0 Å². The lowest BCUT2D eigenvalue weighted by molar-refractivity contribution is 0.461. The maximum Gasteiger partial charge on any atom is 0.0406 e. The first-order valence-corrected chi connectivity index (χ1v) is 6.00. The number of hydrogen-bond donors (Lipinski definition) is 1. The van der Waals surface area contributed by atoms with Crippen LogP contribution in [0.3, 0.4) is 0 Å². The number of benzene rings is 1. The van der Waals surface area contributed by atoms with Gasteiger partial charge in [0.25, 0.3) is 0 Å². The lowest BCUT2D eigenvalue weighted by Gasteiger charge is -2.17. The molecule has 1 aromatic carbocycles. The normalized spacial score (nSPS) is 14.9. The fourth-order valence-corrected chi connectivity index (χ4v) is 1.52. The predicted octanol–water partition coefficient (Wildman–Crippen LogP) is 4.04. The minimum Gasteiger partial charge on any atom is -0.310 e. The molecule has 1 nitrogen and oxygen atoms in total. The zero-order chi connectivity index (χ0) is 11.3. The molecule has 0 fully saturated rings. The van der Waals surface area contributed by atoms with Crippen LogP contribution in [0.25, 0.3) is 0 Å². The molecule has 2 unspecified atom stereocenters. The third kappa shape index (κ3) is 4.23. The monoisotopic (exact) mass is 225 g/mol. The first-order valence-electron chi connectivity index (χ1n) is 5.62. The molecule has 0 aliphatic heterocycles. The van der Waals surface area contributed by atoms with E-state index in [1.54, 1.807) is 0 Å². The van der Waals surface area contributed by atoms with Crippen LogP contribution in [0.4, 0.5) is 0 Å². The summed E-state index contributed by atoms with van der Waals surface area (Å²) in [6.45, 7) is 7.74. The zero-order valence-electron chi connectivity index (χ0n) is 9.76. The fourth-order valence-electron chi connectivity index (χ4n) is 1.39. The van der Waals surface area contributed by atoms with Crippen molar-refractivity contribution in [3.05, 3.63) is 34.9 Å². The van der Waals surface area contributed by atoms with Gasteiger partial charge in [0.15, 0.2) is 0 Å². The smallest absolute Gasteiger partial charge is 0.0406 e. The van der Waals surface area contributed by atoms with Gasteiger partial charge in [-0.15, -0.1) is 0 Å². The van der Waals surface area contributed by atoms with Gasteiger partial charge in [-0.1, -0.05) is 44.0 Å². The summed E-state index contributed by atoms with van der Waals surface area (Å²) in [4.78, 5) is 0. The number of hydrogen-bond acceptors (Lipinski definition) is 1. The highest BCUT2D eigenvalue weighted by Crippen LogP contribution is 2.16. The van der Waals surface area contributed by atoms with Crippen LogP contribution in [0.15, 0.2) is 24.3 Å². The second-order valence-corrected chi connectivity index (χ2v) is 4.63. The molecular formula is C13H20ClN. The van der Waals surface area contributed by atoms with Gasteiger partial charge in [-0.25, -0.2) is 0 Å². The van der Waals surface area contributed by atoms with Gasteiger partial charge in [0, 0.05) is 11.1 Å². The quantitative estimate of drug-likeness (QED) is 0.798. The molecule has 1 N–H and O–H groups in total. The van der Waals surface area contributed by atoms with Crippen molar-refractivity contribution in [3.8, 4) is 0 Å². The molecule has 2 atom stereocenters. The van der Waals surface area contributed by atoms with E-state index in [2.05, 4.69) is 38.2 Å². The van der Waals surface area contributed by atoms with Crippen molar-refractivity contribution in [3.63, 3.8) is 0 Å². The van der Waals surface area contributed by atoms with E-state index in [0.29, 0.717) is 6.04 Å². The first kappa shape index (κ1) is 12.5. The molecule has 1 rings (SSSR count). The van der Waals surface area contributed by atoms with Gasteiger partial charge in [0.05, 0.1) is 0 Å². The summed E-state index contributed by atoms with van der Waals surface area (Å²) in [5.74, 6) is 0.736. The molecule has 1 aromatic rings. The Hall–Kier alpha value is -0.530. The lowest BCUT2D eigenvalue weighted by atomic mass is 10.1. The van der Waals surface area contributed by atoms with Crippen LogP contribution in [-0.4, -0.2) is 6.54 Å². The van der Waals surface area contributed by atoms with Crippen LogP contribution in [-0.2, 0) is 0 Å². The molecular weight excluding hydrogens is 206 g/mol. The number of nitrogens with one attached hydrogen (secondary N) is 1. The van der Waals surface area contributed by atoms with E-state index < -0.39 is 0 Å². The van der Waals surface area contributed by atoms with Crippen molar-refractivity contribution in [2.24, 2.45) is 5.92 Å². The molecule has 2 heteroatoms. The molecule has 0 saturated heterocycles. The van der Waals surface area contributed by atoms with Crippen molar-refractivity contribution >= 4 is 11.6 Å². The Morgan fingerprint density at radius 2 is 1.80 bits per heavy atom. The molecule has 0 radical (unpaired) electrons. The van der Waals surface area contributed by atoms with E-state index in [0.717, 1.165) is 17.5 Å². The van der Waals surface area contributed by atoms with E-state index in [-0.39, 0.29) is 0 Å². The fraction of sp³-hybridized carbons (Fsp3) is 0.538. The van der Waals surface area contributed by atoms with Crippen LogP contribution < -0.4 is 5.32 Å². The minimum atomic E-state index is 0.399. The highest BCUT2D eigenvalue weighted by molar-refractivity contribution is 6.30. The average molecular weight is 226 g/mol. The average Bonchev–Trinajstić information content (AvgIpc) is 2.26. The van der Waals surface area contributed by atoms with Crippen LogP contribution >= 0.6 is 11.6 Å². The maximum atomic E-state index is 5.85. The molecule has 15 heavy (non-hydrogen) atoms. The Morgan fingerprint density at radius 1 is 1.20 bits per heavy atom. The summed E-state index contributed by atoms with van der Waals surface area (Å²) < 4.78 is 0. The third-order valence-corrected chi connectivity index (χ3v) is 3.09. The molecule has 0 heterocycles. The second-order valence-electron chi connectivity index (χ2n) is 4.19. The summed E-state index contributed by atoms with van der Waals surface area (Å²) in [6, 6.07) is 8.44. The summed E-state index contributed by atoms with van der Waals surface area (Å²) in [5.41, 5.74) is 1.29. The first-order chi connectivity index (χ1) is 7.13. The SMILES string of the molecule is CCC(C)CNC(C)c1ccc(Cl)cc1. The summed E-state index contributed by atoms with van der Waals surface area (Å²) in [6.07, 6.45) is 1.22. The van der Waals surface area contributed by atoms with Crippen molar-refractivity contribution in [2.45, 2.75) is 33.2 Å². The topological polar surface area (TPSA) is 12.0 Å². The minimum absolute atomic E-state index is 0.399. The summed E-state index contributed by atoms with van der Waals surface area (Å²) in [5, 5.41) is 4.32. The zero-order valence-corrected chi connectivity index (χ0v) is 10.5. The van der Waals surface area contributed by atoms with Crippen molar-refractivity contribution in [2.75, 3.05) is 6.54 Å². The molecule has 0 amide bonds. The Labute approximate surface area is 97.8 Å². The molecule has 0 aliphatic carbocycles. The maximum absolute atomic E-state index is 5.85. The van der Waals surface area contributed by atoms with Gasteiger partial charge in [0.2, 0.25) is 0 Å². The van der Waals surface area contributed by atoms with E-state index in [1.807, 2.05) is 12.1 Å². The molecule has 0 spiro atoms. The Balaban J connectivity index is 2.46. The van der Waals surface area contributed by atoms with Crippen LogP contribution in [0, 0.1) is 5.92 Å². The second kappa shape index (κ2) is 6.14. The Morgan fingerprint density at radius 3 is 2.33 bits per heavy atom. The summed E-state index contributed by atoms with van der Waals surface area (Å²) in [7, 11) is 0. The molecule has 0 bridgehead atoms. The van der Waals surface area contributed by atoms with E-state index in [4.69, 9.17) is 11.6 Å². The van der Waals surface area contributed by atoms with Crippen LogP contribution in [0.1, 0.15) is 38.8 Å². The molecule has 84 valence electrons. The van der Waals surface area contributed by atoms with Gasteiger partial charge in [0.1, 0.15) is 0 Å². The Bertz CT molecular complexity index is 281. The molecule has 0 aliphatic rings. The van der Waals surface area contributed by atoms with Gasteiger partial charge in [-0.2, -0.15) is 0 Å². The highest BCUT2D eigenvalue weighted by Gasteiger charge is 2.05. The van der Waals surface area contributed by atoms with Gasteiger partial charge < -0.3 is 5.32 Å². The standard InChI is InChI=1S/C13H20ClN/c1-4-10(2)9-15-11(3)12-5-7-13(14)8-6-12/h5-8,10-11,15H,4,9H2,1-3H3. The molecule has 0 aromatic heterocycles. The predicted molar refractivity (Wildman–Crippen MR) is 67.3 cm³/mol. The summed E-state index contributed by atoms with van der Waals surface area (Å²) >= 11 is 5.85. The third-order valence-electron chi connectivity index (χ3n) is 2.84. The Kier molecular flexibility index (Phi) is 5.13. The van der Waals surface area contributed by atoms with E-state index in [1.165, 1.54) is 12.0 Å². The van der Waals surface area contributed by atoms with Crippen LogP contribution in [0.5, 0.6) is 0 Å². The lowest BCUT2D eigenvalue weighted by Crippen LogP contribution is -2.24. The highest BCUT2D eigenvalue weighted by atomic mass is 35.5. The number of halogens is 1. The van der Waals surface area contributed by atoms with Crippen molar-refractivity contribution < 1.29 is 0 Å². The van der Waals surface area contributed by atoms with Gasteiger partial charge in [-0.3, -0.25) is 0 Å². The van der Waals surface area contributed by atoms with Gasteiger partial charge in [-0.05, 0) is 37.1 Å². The van der Waals surface area contributed by atoms with Crippen molar-refractivity contribution in [1.29, 1.82) is 0 Å². The number of rotatable bonds is 5.